The number of nitrogens with zero attached hydrogens (tertiary/aromatic N) is 1. The van der Waals surface area contributed by atoms with Gasteiger partial charge in [0.05, 0.1) is 0 Å². The number of likely N-dealkylation sites (tertiary alicyclic amines) is 1. The maximum Gasteiger partial charge on any atom is 0.120 e. The third-order valence-electron chi connectivity index (χ3n) is 3.01. The summed E-state index contributed by atoms with van der Waals surface area (Å²) in [6.07, 6.45) is 2.36. The van der Waals surface area contributed by atoms with E-state index in [1.54, 1.807) is 0 Å². The molecule has 1 aromatic rings. The highest BCUT2D eigenvalue weighted by molar-refractivity contribution is 9.10. The Morgan fingerprint density at radius 2 is 2.28 bits per heavy atom. The molecule has 18 heavy (non-hydrogen) atoms. The van der Waals surface area contributed by atoms with Crippen molar-refractivity contribution in [3.63, 3.8) is 0 Å². The van der Waals surface area contributed by atoms with Gasteiger partial charge in [-0.3, -0.25) is 4.90 Å². The van der Waals surface area contributed by atoms with Gasteiger partial charge in [0.15, 0.2) is 0 Å². The van der Waals surface area contributed by atoms with Crippen molar-refractivity contribution in [3.8, 4) is 5.75 Å². The predicted octanol–water partition coefficient (Wildman–Crippen LogP) is 2.67. The Labute approximate surface area is 123 Å². The first kappa shape index (κ1) is 15.8. The quantitative estimate of drug-likeness (QED) is 0.919. The summed E-state index contributed by atoms with van der Waals surface area (Å²) in [5, 5.41) is 0. The average molecular weight is 336 g/mol. The highest BCUT2D eigenvalue weighted by atomic mass is 79.9. The van der Waals surface area contributed by atoms with Crippen LogP contribution in [-0.4, -0.2) is 37.2 Å². The lowest BCUT2D eigenvalue weighted by Gasteiger charge is -2.30. The van der Waals surface area contributed by atoms with E-state index in [1.807, 2.05) is 24.3 Å². The lowest BCUT2D eigenvalue weighted by atomic mass is 10.1. The van der Waals surface area contributed by atoms with Crippen molar-refractivity contribution in [1.29, 1.82) is 0 Å². The molecule has 2 rings (SSSR count). The third-order valence-corrected chi connectivity index (χ3v) is 3.51. The van der Waals surface area contributed by atoms with E-state index in [0.29, 0.717) is 6.04 Å². The average Bonchev–Trinajstić information content (AvgIpc) is 2.29. The van der Waals surface area contributed by atoms with Crippen molar-refractivity contribution in [2.75, 3.05) is 26.2 Å². The molecular formula is C13H20BrClN2O. The van der Waals surface area contributed by atoms with Crippen molar-refractivity contribution in [2.45, 2.75) is 18.9 Å². The molecule has 1 heterocycles. The fourth-order valence-electron chi connectivity index (χ4n) is 2.14. The lowest BCUT2D eigenvalue weighted by Crippen LogP contribution is -2.44. The second kappa shape index (κ2) is 8.00. The minimum absolute atomic E-state index is 0. The van der Waals surface area contributed by atoms with Gasteiger partial charge >= 0.3 is 0 Å². The van der Waals surface area contributed by atoms with E-state index in [2.05, 4.69) is 20.8 Å². The lowest BCUT2D eigenvalue weighted by molar-refractivity contribution is 0.171. The molecule has 0 saturated carbocycles. The Bertz CT molecular complexity index is 365. The molecule has 0 radical (unpaired) electrons. The van der Waals surface area contributed by atoms with Crippen LogP contribution in [0.15, 0.2) is 28.7 Å². The monoisotopic (exact) mass is 334 g/mol. The number of hydrogen-bond donors (Lipinski definition) is 1. The van der Waals surface area contributed by atoms with E-state index in [4.69, 9.17) is 10.5 Å². The number of piperidine rings is 1. The zero-order chi connectivity index (χ0) is 12.1. The molecule has 5 heteroatoms. The third kappa shape index (κ3) is 5.14. The number of ether oxygens (including phenoxy) is 1. The molecule has 0 spiro atoms. The van der Waals surface area contributed by atoms with E-state index in [0.717, 1.165) is 42.9 Å². The van der Waals surface area contributed by atoms with Gasteiger partial charge in [0.1, 0.15) is 12.4 Å². The van der Waals surface area contributed by atoms with E-state index in [-0.39, 0.29) is 12.4 Å². The predicted molar refractivity (Wildman–Crippen MR) is 80.5 cm³/mol. The summed E-state index contributed by atoms with van der Waals surface area (Å²) in [6, 6.07) is 8.29. The van der Waals surface area contributed by atoms with Gasteiger partial charge in [-0.05, 0) is 37.6 Å². The van der Waals surface area contributed by atoms with Crippen LogP contribution in [0.3, 0.4) is 0 Å². The van der Waals surface area contributed by atoms with Crippen LogP contribution >= 0.6 is 28.3 Å². The first-order valence-electron chi connectivity index (χ1n) is 6.10. The molecule has 1 saturated heterocycles. The van der Waals surface area contributed by atoms with Gasteiger partial charge in [-0.15, -0.1) is 12.4 Å². The fourth-order valence-corrected chi connectivity index (χ4v) is 2.52. The van der Waals surface area contributed by atoms with E-state index in [9.17, 15) is 0 Å². The largest absolute Gasteiger partial charge is 0.492 e. The SMILES string of the molecule is Cl.N[C@@H]1CCCN(CCOc2cccc(Br)c2)C1. The standard InChI is InChI=1S/C13H19BrN2O.ClH/c14-11-3-1-5-13(9-11)17-8-7-16-6-2-4-12(15)10-16;/h1,3,5,9,12H,2,4,6-8,10,15H2;1H/t12-;/m1./s1. The molecule has 102 valence electrons. The fraction of sp³-hybridized carbons (Fsp3) is 0.538. The first-order valence-corrected chi connectivity index (χ1v) is 6.89. The van der Waals surface area contributed by atoms with Crippen molar-refractivity contribution in [1.82, 2.24) is 4.90 Å². The minimum Gasteiger partial charge on any atom is -0.492 e. The second-order valence-corrected chi connectivity index (χ2v) is 5.42. The summed E-state index contributed by atoms with van der Waals surface area (Å²) in [4.78, 5) is 2.38. The first-order chi connectivity index (χ1) is 8.24. The van der Waals surface area contributed by atoms with Crippen molar-refractivity contribution in [3.05, 3.63) is 28.7 Å². The maximum absolute atomic E-state index is 5.94. The number of benzene rings is 1. The van der Waals surface area contributed by atoms with Crippen LogP contribution in [0.2, 0.25) is 0 Å². The summed E-state index contributed by atoms with van der Waals surface area (Å²) in [7, 11) is 0. The molecule has 0 bridgehead atoms. The van der Waals surface area contributed by atoms with Crippen LogP contribution in [0.5, 0.6) is 5.75 Å². The Balaban J connectivity index is 0.00000162. The van der Waals surface area contributed by atoms with Crippen LogP contribution in [0.4, 0.5) is 0 Å². The van der Waals surface area contributed by atoms with E-state index >= 15 is 0 Å². The smallest absolute Gasteiger partial charge is 0.120 e. The number of halogens is 2. The highest BCUT2D eigenvalue weighted by Gasteiger charge is 2.15. The molecule has 0 amide bonds. The zero-order valence-corrected chi connectivity index (χ0v) is 12.8. The second-order valence-electron chi connectivity index (χ2n) is 4.51. The van der Waals surface area contributed by atoms with Gasteiger partial charge < -0.3 is 10.5 Å². The van der Waals surface area contributed by atoms with Crippen LogP contribution in [0.25, 0.3) is 0 Å². The topological polar surface area (TPSA) is 38.5 Å². The Morgan fingerprint density at radius 3 is 3.00 bits per heavy atom. The summed E-state index contributed by atoms with van der Waals surface area (Å²) in [5.74, 6) is 0.917. The van der Waals surface area contributed by atoms with E-state index in [1.165, 1.54) is 6.42 Å². The van der Waals surface area contributed by atoms with E-state index < -0.39 is 0 Å². The molecule has 3 nitrogen and oxygen atoms in total. The molecule has 2 N–H and O–H groups in total. The van der Waals surface area contributed by atoms with Gasteiger partial charge in [0, 0.05) is 23.6 Å². The van der Waals surface area contributed by atoms with Gasteiger partial charge in [-0.1, -0.05) is 22.0 Å². The van der Waals surface area contributed by atoms with Gasteiger partial charge in [0.2, 0.25) is 0 Å². The summed E-state index contributed by atoms with van der Waals surface area (Å²) < 4.78 is 6.76. The normalized spacial score (nSPS) is 20.2. The molecule has 1 atom stereocenters. The molecule has 0 aliphatic carbocycles. The number of rotatable bonds is 4. The molecule has 1 aliphatic heterocycles. The van der Waals surface area contributed by atoms with Gasteiger partial charge in [-0.25, -0.2) is 0 Å². The Hall–Kier alpha value is -0.290. The van der Waals surface area contributed by atoms with Crippen LogP contribution in [0, 0.1) is 0 Å². The Morgan fingerprint density at radius 1 is 1.44 bits per heavy atom. The van der Waals surface area contributed by atoms with Crippen molar-refractivity contribution < 1.29 is 4.74 Å². The summed E-state index contributed by atoms with van der Waals surface area (Å²) in [5.41, 5.74) is 5.94. The molecule has 1 fully saturated rings. The molecular weight excluding hydrogens is 316 g/mol. The highest BCUT2D eigenvalue weighted by Crippen LogP contribution is 2.17. The van der Waals surface area contributed by atoms with Crippen LogP contribution < -0.4 is 10.5 Å². The van der Waals surface area contributed by atoms with Gasteiger partial charge in [0.25, 0.3) is 0 Å². The molecule has 1 aliphatic rings. The van der Waals surface area contributed by atoms with Crippen LogP contribution in [-0.2, 0) is 0 Å². The van der Waals surface area contributed by atoms with Crippen molar-refractivity contribution in [2.24, 2.45) is 5.73 Å². The summed E-state index contributed by atoms with van der Waals surface area (Å²) >= 11 is 3.43. The molecule has 0 aromatic heterocycles. The van der Waals surface area contributed by atoms with Crippen molar-refractivity contribution >= 4 is 28.3 Å². The van der Waals surface area contributed by atoms with Crippen LogP contribution in [0.1, 0.15) is 12.8 Å². The minimum atomic E-state index is 0. The molecule has 1 aromatic carbocycles. The molecule has 0 unspecified atom stereocenters. The zero-order valence-electron chi connectivity index (χ0n) is 10.3. The summed E-state index contributed by atoms with van der Waals surface area (Å²) in [6.45, 7) is 3.83. The Kier molecular flexibility index (Phi) is 7.00. The maximum atomic E-state index is 5.94. The number of hydrogen-bond acceptors (Lipinski definition) is 3. The number of nitrogens with two attached hydrogens (primary N) is 1. The van der Waals surface area contributed by atoms with Gasteiger partial charge in [-0.2, -0.15) is 0 Å².